The third kappa shape index (κ3) is 3.80. The molecule has 4 atom stereocenters. The number of aromatic amines is 2. The second-order valence-corrected chi connectivity index (χ2v) is 9.06. The molecule has 0 unspecified atom stereocenters. The van der Waals surface area contributed by atoms with Crippen LogP contribution in [0.4, 0.5) is 4.39 Å². The van der Waals surface area contributed by atoms with Crippen LogP contribution in [0, 0.1) is 17.7 Å². The monoisotopic (exact) mass is 413 g/mol. The van der Waals surface area contributed by atoms with Gasteiger partial charge in [0.1, 0.15) is 11.6 Å². The number of likely N-dealkylation sites (tertiary alicyclic amines) is 1. The zero-order chi connectivity index (χ0) is 20.7. The Bertz CT molecular complexity index is 972. The Morgan fingerprint density at radius 1 is 1.23 bits per heavy atom. The van der Waals surface area contributed by atoms with Crippen molar-refractivity contribution in [3.05, 3.63) is 52.0 Å². The fraction of sp³-hybridized carbons (Fsp3) is 0.591. The molecular formula is C22H28FN5O2. The molecule has 8 heteroatoms. The molecule has 0 spiro atoms. The van der Waals surface area contributed by atoms with Gasteiger partial charge in [-0.15, -0.1) is 0 Å². The number of H-pyrrole nitrogens is 2. The summed E-state index contributed by atoms with van der Waals surface area (Å²) in [6.45, 7) is 2.59. The minimum atomic E-state index is -0.388. The van der Waals surface area contributed by atoms with E-state index in [9.17, 15) is 14.0 Å². The van der Waals surface area contributed by atoms with Crippen LogP contribution in [0.1, 0.15) is 37.1 Å². The van der Waals surface area contributed by atoms with Crippen LogP contribution < -0.4 is 5.69 Å². The smallest absolute Gasteiger partial charge is 0.340 e. The Morgan fingerprint density at radius 2 is 2.10 bits per heavy atom. The first-order valence-corrected chi connectivity index (χ1v) is 11.0. The van der Waals surface area contributed by atoms with E-state index in [-0.39, 0.29) is 23.8 Å². The number of aromatic nitrogens is 3. The number of hydrogen-bond acceptors (Lipinski definition) is 4. The summed E-state index contributed by atoms with van der Waals surface area (Å²) in [6.07, 6.45) is 5.68. The number of fused-ring (bicyclic) bond motifs is 4. The molecule has 5 rings (SSSR count). The molecule has 4 heterocycles. The van der Waals surface area contributed by atoms with E-state index < -0.39 is 0 Å². The summed E-state index contributed by atoms with van der Waals surface area (Å²) < 4.78 is 13.8. The van der Waals surface area contributed by atoms with Crippen molar-refractivity contribution in [1.29, 1.82) is 0 Å². The molecule has 30 heavy (non-hydrogen) atoms. The minimum absolute atomic E-state index is 0.0150. The topological polar surface area (TPSA) is 85.1 Å². The highest BCUT2D eigenvalue weighted by Crippen LogP contribution is 2.42. The van der Waals surface area contributed by atoms with Crippen LogP contribution in [0.25, 0.3) is 0 Å². The maximum Gasteiger partial charge on any atom is 0.340 e. The second-order valence-electron chi connectivity index (χ2n) is 9.06. The number of nitrogens with one attached hydrogen (secondary N) is 2. The lowest BCUT2D eigenvalue weighted by atomic mass is 9.71. The fourth-order valence-corrected chi connectivity index (χ4v) is 5.94. The van der Waals surface area contributed by atoms with Gasteiger partial charge in [0.2, 0.25) is 5.91 Å². The van der Waals surface area contributed by atoms with Gasteiger partial charge in [0.15, 0.2) is 0 Å². The summed E-state index contributed by atoms with van der Waals surface area (Å²) >= 11 is 0. The second kappa shape index (κ2) is 7.98. The van der Waals surface area contributed by atoms with Gasteiger partial charge in [0.05, 0.1) is 6.42 Å². The van der Waals surface area contributed by atoms with Gasteiger partial charge in [-0.05, 0) is 61.8 Å². The number of hydrogen-bond donors (Lipinski definition) is 2. The molecule has 1 aromatic heterocycles. The van der Waals surface area contributed by atoms with Crippen molar-refractivity contribution in [1.82, 2.24) is 25.0 Å². The van der Waals surface area contributed by atoms with Gasteiger partial charge in [-0.1, -0.05) is 18.6 Å². The molecule has 160 valence electrons. The largest absolute Gasteiger partial charge is 0.342 e. The average molecular weight is 413 g/mol. The van der Waals surface area contributed by atoms with E-state index in [2.05, 4.69) is 20.1 Å². The first kappa shape index (κ1) is 19.5. The van der Waals surface area contributed by atoms with E-state index in [0.29, 0.717) is 36.3 Å². The van der Waals surface area contributed by atoms with Gasteiger partial charge in [-0.3, -0.25) is 14.7 Å². The van der Waals surface area contributed by atoms with E-state index in [1.54, 1.807) is 12.1 Å². The van der Waals surface area contributed by atoms with Gasteiger partial charge >= 0.3 is 5.69 Å². The van der Waals surface area contributed by atoms with Crippen molar-refractivity contribution < 1.29 is 9.18 Å². The van der Waals surface area contributed by atoms with E-state index >= 15 is 0 Å². The summed E-state index contributed by atoms with van der Waals surface area (Å²) in [5.41, 5.74) is 0.640. The molecule has 1 amide bonds. The van der Waals surface area contributed by atoms with Crippen molar-refractivity contribution in [2.75, 3.05) is 19.6 Å². The number of nitrogens with zero attached hydrogens (tertiary/aromatic N) is 3. The van der Waals surface area contributed by atoms with E-state index in [0.717, 1.165) is 31.5 Å². The predicted molar refractivity (Wildman–Crippen MR) is 109 cm³/mol. The van der Waals surface area contributed by atoms with E-state index in [4.69, 9.17) is 0 Å². The summed E-state index contributed by atoms with van der Waals surface area (Å²) in [5.74, 6) is 1.07. The number of benzene rings is 1. The molecule has 2 bridgehead atoms. The van der Waals surface area contributed by atoms with Gasteiger partial charge < -0.3 is 4.90 Å². The maximum absolute atomic E-state index is 13.8. The third-order valence-corrected chi connectivity index (χ3v) is 7.18. The van der Waals surface area contributed by atoms with Crippen LogP contribution >= 0.6 is 0 Å². The van der Waals surface area contributed by atoms with E-state index in [1.165, 1.54) is 25.3 Å². The SMILES string of the molecule is O=C(Cc1n[nH]c(=O)[nH]1)N1C[C@H]2C[C@@H](C1)[C@H](Cc1cccc(F)c1)N1CCCC[C@@H]21. The Morgan fingerprint density at radius 3 is 2.90 bits per heavy atom. The highest BCUT2D eigenvalue weighted by Gasteiger charge is 2.47. The highest BCUT2D eigenvalue weighted by atomic mass is 19.1. The molecule has 3 aliphatic heterocycles. The normalized spacial score (nSPS) is 28.9. The van der Waals surface area contributed by atoms with Crippen LogP contribution in [0.15, 0.2) is 29.1 Å². The molecule has 7 nitrogen and oxygen atoms in total. The van der Waals surface area contributed by atoms with Crippen molar-refractivity contribution in [3.8, 4) is 0 Å². The lowest BCUT2D eigenvalue weighted by Crippen LogP contribution is -2.64. The van der Waals surface area contributed by atoms with Crippen molar-refractivity contribution >= 4 is 5.91 Å². The van der Waals surface area contributed by atoms with Crippen molar-refractivity contribution in [2.45, 2.75) is 50.6 Å². The number of amides is 1. The molecule has 3 fully saturated rings. The molecular weight excluding hydrogens is 385 g/mol. The summed E-state index contributed by atoms with van der Waals surface area (Å²) in [5, 5.41) is 6.21. The van der Waals surface area contributed by atoms with Crippen LogP contribution in [0.3, 0.4) is 0 Å². The summed E-state index contributed by atoms with van der Waals surface area (Å²) in [6, 6.07) is 7.75. The van der Waals surface area contributed by atoms with Crippen molar-refractivity contribution in [2.24, 2.45) is 11.8 Å². The number of carbonyl (C=O) groups is 1. The van der Waals surface area contributed by atoms with Gasteiger partial charge in [0.25, 0.3) is 0 Å². The van der Waals surface area contributed by atoms with Crippen molar-refractivity contribution in [3.63, 3.8) is 0 Å². The Kier molecular flexibility index (Phi) is 5.18. The molecule has 3 saturated heterocycles. The average Bonchev–Trinajstić information content (AvgIpc) is 3.15. The fourth-order valence-electron chi connectivity index (χ4n) is 5.94. The van der Waals surface area contributed by atoms with Crippen LogP contribution in [0.2, 0.25) is 0 Å². The number of piperidine rings is 3. The molecule has 3 aliphatic rings. The van der Waals surface area contributed by atoms with Gasteiger partial charge in [-0.25, -0.2) is 14.3 Å². The molecule has 0 aliphatic carbocycles. The molecule has 2 N–H and O–H groups in total. The zero-order valence-corrected chi connectivity index (χ0v) is 17.0. The Hall–Kier alpha value is -2.48. The van der Waals surface area contributed by atoms with Gasteiger partial charge in [-0.2, -0.15) is 5.10 Å². The number of rotatable bonds is 4. The predicted octanol–water partition coefficient (Wildman–Crippen LogP) is 1.72. The summed E-state index contributed by atoms with van der Waals surface area (Å²) in [4.78, 5) is 31.4. The lowest BCUT2D eigenvalue weighted by molar-refractivity contribution is -0.140. The molecule has 0 radical (unpaired) electrons. The quantitative estimate of drug-likeness (QED) is 0.799. The lowest BCUT2D eigenvalue weighted by Gasteiger charge is -2.57. The molecule has 2 aromatic rings. The van der Waals surface area contributed by atoms with Gasteiger partial charge in [0, 0.05) is 25.2 Å². The van der Waals surface area contributed by atoms with E-state index in [1.807, 2.05) is 11.0 Å². The number of carbonyl (C=O) groups excluding carboxylic acids is 1. The Balaban J connectivity index is 1.36. The van der Waals surface area contributed by atoms with Crippen LogP contribution in [0.5, 0.6) is 0 Å². The first-order chi connectivity index (χ1) is 14.6. The highest BCUT2D eigenvalue weighted by molar-refractivity contribution is 5.78. The number of halogens is 1. The molecule has 1 aromatic carbocycles. The standard InChI is InChI=1S/C22H28FN5O2/c23-17-5-3-4-14(8-17)9-19-16-10-15(18-6-1-2-7-28(18)19)12-27(13-16)21(29)11-20-24-22(30)26-25-20/h3-5,8,15-16,18-19H,1-2,6-7,9-13H2,(H2,24,25,26,30)/t15-,16+,18+,19+/m1/s1. The van der Waals surface area contributed by atoms with Crippen LogP contribution in [-0.4, -0.2) is 62.6 Å². The maximum atomic E-state index is 13.8. The minimum Gasteiger partial charge on any atom is -0.342 e. The Labute approximate surface area is 174 Å². The first-order valence-electron chi connectivity index (χ1n) is 11.0. The third-order valence-electron chi connectivity index (χ3n) is 7.18. The summed E-state index contributed by atoms with van der Waals surface area (Å²) in [7, 11) is 0. The van der Waals surface area contributed by atoms with Crippen LogP contribution in [-0.2, 0) is 17.6 Å². The zero-order valence-electron chi connectivity index (χ0n) is 17.0. The molecule has 0 saturated carbocycles.